The van der Waals surface area contributed by atoms with Crippen molar-refractivity contribution in [2.75, 3.05) is 11.9 Å². The van der Waals surface area contributed by atoms with Crippen LogP contribution < -0.4 is 16.3 Å². The lowest BCUT2D eigenvalue weighted by molar-refractivity contribution is -0.115. The summed E-state index contributed by atoms with van der Waals surface area (Å²) in [5.41, 5.74) is 1.82. The summed E-state index contributed by atoms with van der Waals surface area (Å²) in [6.45, 7) is 2.39. The van der Waals surface area contributed by atoms with Crippen molar-refractivity contribution in [1.82, 2.24) is 10.3 Å². The number of benzene rings is 1. The van der Waals surface area contributed by atoms with Gasteiger partial charge in [0.25, 0.3) is 0 Å². The molecule has 0 atom stereocenters. The molecule has 6 heteroatoms. The van der Waals surface area contributed by atoms with Crippen molar-refractivity contribution in [3.8, 4) is 0 Å². The van der Waals surface area contributed by atoms with Gasteiger partial charge in [0, 0.05) is 24.3 Å². The first-order valence-electron chi connectivity index (χ1n) is 7.57. The van der Waals surface area contributed by atoms with Crippen molar-refractivity contribution in [3.05, 3.63) is 70.3 Å². The summed E-state index contributed by atoms with van der Waals surface area (Å²) in [5, 5.41) is 6.45. The van der Waals surface area contributed by atoms with Gasteiger partial charge in [0.1, 0.15) is 11.3 Å². The zero-order valence-corrected chi connectivity index (χ0v) is 13.2. The lowest BCUT2D eigenvalue weighted by Crippen LogP contribution is -2.29. The van der Waals surface area contributed by atoms with Crippen molar-refractivity contribution >= 4 is 22.6 Å². The smallest absolute Gasteiger partial charge is 0.360 e. The maximum atomic E-state index is 12.1. The number of carbonyl (C=O) groups is 1. The van der Waals surface area contributed by atoms with Gasteiger partial charge in [-0.05, 0) is 30.2 Å². The molecule has 3 aromatic rings. The van der Waals surface area contributed by atoms with E-state index in [4.69, 9.17) is 4.42 Å². The van der Waals surface area contributed by atoms with Gasteiger partial charge in [-0.25, -0.2) is 4.79 Å². The van der Waals surface area contributed by atoms with E-state index in [9.17, 15) is 9.59 Å². The second-order valence-electron chi connectivity index (χ2n) is 5.40. The Morgan fingerprint density at radius 1 is 1.21 bits per heavy atom. The van der Waals surface area contributed by atoms with Crippen molar-refractivity contribution in [2.45, 2.75) is 13.5 Å². The van der Waals surface area contributed by atoms with E-state index in [0.717, 1.165) is 10.9 Å². The first kappa shape index (κ1) is 15.9. The van der Waals surface area contributed by atoms with Gasteiger partial charge >= 0.3 is 5.63 Å². The number of para-hydroxylation sites is 1. The molecular formula is C18H17N3O3. The van der Waals surface area contributed by atoms with E-state index in [0.29, 0.717) is 17.7 Å². The summed E-state index contributed by atoms with van der Waals surface area (Å²) < 4.78 is 5.25. The third-order valence-electron chi connectivity index (χ3n) is 3.67. The molecule has 0 unspecified atom stereocenters. The maximum Gasteiger partial charge on any atom is 0.360 e. The van der Waals surface area contributed by atoms with Gasteiger partial charge in [0.2, 0.25) is 5.91 Å². The van der Waals surface area contributed by atoms with Crippen molar-refractivity contribution in [3.63, 3.8) is 0 Å². The summed E-state index contributed by atoms with van der Waals surface area (Å²) >= 11 is 0. The highest BCUT2D eigenvalue weighted by Crippen LogP contribution is 2.21. The van der Waals surface area contributed by atoms with Gasteiger partial charge < -0.3 is 15.1 Å². The van der Waals surface area contributed by atoms with Crippen LogP contribution in [0.1, 0.15) is 11.1 Å². The van der Waals surface area contributed by atoms with Gasteiger partial charge in [-0.15, -0.1) is 0 Å². The SMILES string of the molecule is Cc1c(NC(=O)CNCc2cccnc2)c(=O)oc2ccccc12. The molecule has 1 amide bonds. The second kappa shape index (κ2) is 7.06. The highest BCUT2D eigenvalue weighted by atomic mass is 16.4. The van der Waals surface area contributed by atoms with E-state index in [1.807, 2.05) is 24.3 Å². The van der Waals surface area contributed by atoms with Gasteiger partial charge in [-0.3, -0.25) is 9.78 Å². The molecule has 2 N–H and O–H groups in total. The molecule has 24 heavy (non-hydrogen) atoms. The second-order valence-corrected chi connectivity index (χ2v) is 5.40. The molecule has 0 saturated heterocycles. The van der Waals surface area contributed by atoms with Crippen LogP contribution in [0.25, 0.3) is 11.0 Å². The molecule has 0 bridgehead atoms. The van der Waals surface area contributed by atoms with Crippen LogP contribution in [0.15, 0.2) is 58.0 Å². The van der Waals surface area contributed by atoms with Crippen LogP contribution in [0.5, 0.6) is 0 Å². The molecule has 3 rings (SSSR count). The predicted octanol–water partition coefficient (Wildman–Crippen LogP) is 2.22. The quantitative estimate of drug-likeness (QED) is 0.703. The van der Waals surface area contributed by atoms with Crippen LogP contribution in [0, 0.1) is 6.92 Å². The number of nitrogens with one attached hydrogen (secondary N) is 2. The topological polar surface area (TPSA) is 84.2 Å². The molecule has 122 valence electrons. The van der Waals surface area contributed by atoms with Gasteiger partial charge in [-0.2, -0.15) is 0 Å². The average Bonchev–Trinajstić information content (AvgIpc) is 2.59. The maximum absolute atomic E-state index is 12.1. The molecule has 0 aliphatic carbocycles. The molecule has 1 aromatic carbocycles. The number of aryl methyl sites for hydroxylation is 1. The molecule has 0 spiro atoms. The summed E-state index contributed by atoms with van der Waals surface area (Å²) in [4.78, 5) is 28.2. The van der Waals surface area contributed by atoms with E-state index < -0.39 is 5.63 Å². The predicted molar refractivity (Wildman–Crippen MR) is 91.8 cm³/mol. The Balaban J connectivity index is 1.68. The van der Waals surface area contributed by atoms with E-state index in [2.05, 4.69) is 15.6 Å². The minimum Gasteiger partial charge on any atom is -0.421 e. The number of carbonyl (C=O) groups excluding carboxylic acids is 1. The average molecular weight is 323 g/mol. The summed E-state index contributed by atoms with van der Waals surface area (Å²) in [6, 6.07) is 11.0. The summed E-state index contributed by atoms with van der Waals surface area (Å²) in [7, 11) is 0. The lowest BCUT2D eigenvalue weighted by Gasteiger charge is -2.09. The fourth-order valence-corrected chi connectivity index (χ4v) is 2.46. The standard InChI is InChI=1S/C18H17N3O3/c1-12-14-6-2-3-7-15(14)24-18(23)17(12)21-16(22)11-20-10-13-5-4-8-19-9-13/h2-9,20H,10-11H2,1H3,(H,21,22). The van der Waals surface area contributed by atoms with E-state index in [1.165, 1.54) is 0 Å². The van der Waals surface area contributed by atoms with Crippen LogP contribution in [0.4, 0.5) is 5.69 Å². The monoisotopic (exact) mass is 323 g/mol. The van der Waals surface area contributed by atoms with Gasteiger partial charge in [0.15, 0.2) is 0 Å². The number of amides is 1. The van der Waals surface area contributed by atoms with Crippen molar-refractivity contribution in [2.24, 2.45) is 0 Å². The lowest BCUT2D eigenvalue weighted by atomic mass is 10.1. The Morgan fingerprint density at radius 3 is 2.83 bits per heavy atom. The number of pyridine rings is 1. The fraction of sp³-hybridized carbons (Fsp3) is 0.167. The summed E-state index contributed by atoms with van der Waals surface area (Å²) in [6.07, 6.45) is 3.42. The molecule has 0 radical (unpaired) electrons. The number of hydrogen-bond donors (Lipinski definition) is 2. The normalized spacial score (nSPS) is 10.7. The third-order valence-corrected chi connectivity index (χ3v) is 3.67. The van der Waals surface area contributed by atoms with Gasteiger partial charge in [0.05, 0.1) is 6.54 Å². The largest absolute Gasteiger partial charge is 0.421 e. The number of anilines is 1. The van der Waals surface area contributed by atoms with Crippen LogP contribution >= 0.6 is 0 Å². The zero-order valence-electron chi connectivity index (χ0n) is 13.2. The number of nitrogens with zero attached hydrogens (tertiary/aromatic N) is 1. The Hall–Kier alpha value is -2.99. The minimum absolute atomic E-state index is 0.0839. The van der Waals surface area contributed by atoms with E-state index in [1.54, 1.807) is 31.5 Å². The van der Waals surface area contributed by atoms with E-state index in [-0.39, 0.29) is 18.1 Å². The molecule has 2 heterocycles. The Kier molecular flexibility index (Phi) is 4.67. The van der Waals surface area contributed by atoms with Crippen LogP contribution in [0.3, 0.4) is 0 Å². The Bertz CT molecular complexity index is 920. The van der Waals surface area contributed by atoms with Crippen LogP contribution in [0.2, 0.25) is 0 Å². The van der Waals surface area contributed by atoms with Crippen molar-refractivity contribution < 1.29 is 9.21 Å². The molecule has 0 aliphatic rings. The summed E-state index contributed by atoms with van der Waals surface area (Å²) in [5.74, 6) is -0.301. The van der Waals surface area contributed by atoms with E-state index >= 15 is 0 Å². The molecule has 6 nitrogen and oxygen atoms in total. The third kappa shape index (κ3) is 3.49. The number of hydrogen-bond acceptors (Lipinski definition) is 5. The first-order chi connectivity index (χ1) is 11.6. The number of aromatic nitrogens is 1. The Labute approximate surface area is 138 Å². The molecular weight excluding hydrogens is 306 g/mol. The minimum atomic E-state index is -0.549. The van der Waals surface area contributed by atoms with Gasteiger partial charge in [-0.1, -0.05) is 24.3 Å². The fourth-order valence-electron chi connectivity index (χ4n) is 2.46. The zero-order chi connectivity index (χ0) is 16.9. The van der Waals surface area contributed by atoms with Crippen molar-refractivity contribution in [1.29, 1.82) is 0 Å². The molecule has 0 saturated carbocycles. The Morgan fingerprint density at radius 2 is 2.04 bits per heavy atom. The van der Waals surface area contributed by atoms with Crippen LogP contribution in [-0.4, -0.2) is 17.4 Å². The highest BCUT2D eigenvalue weighted by Gasteiger charge is 2.13. The molecule has 0 fully saturated rings. The highest BCUT2D eigenvalue weighted by molar-refractivity contribution is 5.95. The molecule has 0 aliphatic heterocycles. The molecule has 2 aromatic heterocycles. The first-order valence-corrected chi connectivity index (χ1v) is 7.57. The number of rotatable bonds is 5. The number of fused-ring (bicyclic) bond motifs is 1. The van der Waals surface area contributed by atoms with Crippen LogP contribution in [-0.2, 0) is 11.3 Å².